The Balaban J connectivity index is 0.000000187. The second-order valence-corrected chi connectivity index (χ2v) is 22.7. The molecule has 1 radical (unpaired) electrons. The van der Waals surface area contributed by atoms with Crippen molar-refractivity contribution in [3.8, 4) is 33.6 Å². The van der Waals surface area contributed by atoms with Gasteiger partial charge in [0, 0.05) is 37.2 Å². The van der Waals surface area contributed by atoms with Gasteiger partial charge in [-0.15, -0.1) is 59.7 Å². The third kappa shape index (κ3) is 9.32. The van der Waals surface area contributed by atoms with Crippen LogP contribution in [0.15, 0.2) is 116 Å². The van der Waals surface area contributed by atoms with E-state index in [1.807, 2.05) is 35.7 Å². The van der Waals surface area contributed by atoms with Gasteiger partial charge < -0.3 is 9.97 Å². The molecule has 273 valence electrons. The number of fused-ring (bicyclic) bond motifs is 3. The van der Waals surface area contributed by atoms with Crippen LogP contribution in [0.25, 0.3) is 53.8 Å². The minimum atomic E-state index is -1.35. The first kappa shape index (κ1) is 39.0. The van der Waals surface area contributed by atoms with Crippen LogP contribution >= 0.6 is 11.3 Å². The number of benzene rings is 4. The minimum absolute atomic E-state index is 0. The maximum atomic E-state index is 4.75. The van der Waals surface area contributed by atoms with Crippen LogP contribution in [-0.2, 0) is 32.9 Å². The molecule has 0 atom stereocenters. The zero-order chi connectivity index (χ0) is 36.3. The molecule has 0 spiro atoms. The van der Waals surface area contributed by atoms with E-state index in [0.29, 0.717) is 0 Å². The Hall–Kier alpha value is -3.73. The normalized spacial score (nSPS) is 13.5. The quantitative estimate of drug-likeness (QED) is 0.118. The van der Waals surface area contributed by atoms with Gasteiger partial charge in [-0.1, -0.05) is 137 Å². The molecular weight excluding hydrogens is 857 g/mol. The molecule has 7 aromatic rings. The molecule has 0 aliphatic heterocycles. The smallest absolute Gasteiger partial charge is 0.0798 e. The SMILES string of the molecule is CC(C)(C)Cc1ccnc(-c2[c-]ccc3c2sc2cccc(-c4ccccc4)c23)c1.C[Si](C)(C)c1cnc(-c2[c-]cccc2)cc1CC1CCCC1.[Ir]. The van der Waals surface area contributed by atoms with E-state index in [-0.39, 0.29) is 25.5 Å². The molecule has 0 bridgehead atoms. The van der Waals surface area contributed by atoms with Gasteiger partial charge in [0.1, 0.15) is 0 Å². The van der Waals surface area contributed by atoms with E-state index in [9.17, 15) is 0 Å². The first-order valence-corrected chi connectivity index (χ1v) is 23.2. The van der Waals surface area contributed by atoms with E-state index in [2.05, 4.69) is 144 Å². The summed E-state index contributed by atoms with van der Waals surface area (Å²) in [5, 5.41) is 4.15. The maximum Gasteiger partial charge on any atom is 0.0798 e. The second-order valence-electron chi connectivity index (χ2n) is 16.6. The Morgan fingerprint density at radius 1 is 0.792 bits per heavy atom. The Morgan fingerprint density at radius 2 is 1.57 bits per heavy atom. The van der Waals surface area contributed by atoms with Crippen LogP contribution in [-0.4, -0.2) is 18.0 Å². The third-order valence-electron chi connectivity index (χ3n) is 10.1. The predicted octanol–water partition coefficient (Wildman–Crippen LogP) is 13.0. The summed E-state index contributed by atoms with van der Waals surface area (Å²) >= 11 is 1.84. The van der Waals surface area contributed by atoms with Crippen molar-refractivity contribution >= 4 is 44.8 Å². The topological polar surface area (TPSA) is 25.8 Å². The van der Waals surface area contributed by atoms with Crippen molar-refractivity contribution in [3.05, 3.63) is 139 Å². The van der Waals surface area contributed by atoms with Crippen molar-refractivity contribution < 1.29 is 20.1 Å². The molecule has 0 saturated heterocycles. The Kier molecular flexibility index (Phi) is 12.3. The molecule has 3 heterocycles. The molecular formula is C48H50IrN2SSi-2. The van der Waals surface area contributed by atoms with E-state index in [1.165, 1.54) is 69.0 Å². The van der Waals surface area contributed by atoms with Crippen molar-refractivity contribution in [2.75, 3.05) is 0 Å². The monoisotopic (exact) mass is 907 g/mol. The standard InChI is InChI=1S/C28H24NS.C20H26NSi.Ir/c1-28(2,3)18-19-15-16-29-24(17-19)22-12-7-13-23-26-21(20-9-5-4-6-10-20)11-8-14-25(26)30-27(22)23;1-22(2,3)20-15-21-19(17-11-5-4-6-12-17)14-18(20)13-16-9-7-8-10-16;/h4-11,13-17H,18H2,1-3H3;4-6,11,14-16H,7-10,13H2,1-3H3;/q2*-1;. The van der Waals surface area contributed by atoms with Crippen LogP contribution in [0.2, 0.25) is 19.6 Å². The molecule has 8 rings (SSSR count). The van der Waals surface area contributed by atoms with Crippen LogP contribution in [0.4, 0.5) is 0 Å². The van der Waals surface area contributed by atoms with Crippen molar-refractivity contribution in [1.29, 1.82) is 0 Å². The third-order valence-corrected chi connectivity index (χ3v) is 13.4. The Bertz CT molecular complexity index is 2280. The fourth-order valence-electron chi connectivity index (χ4n) is 7.74. The Morgan fingerprint density at radius 3 is 2.28 bits per heavy atom. The maximum absolute atomic E-state index is 4.75. The average Bonchev–Trinajstić information content (AvgIpc) is 3.79. The molecule has 1 aliphatic carbocycles. The molecule has 1 saturated carbocycles. The number of aromatic nitrogens is 2. The summed E-state index contributed by atoms with van der Waals surface area (Å²) in [7, 11) is -1.35. The summed E-state index contributed by atoms with van der Waals surface area (Å²) in [5.41, 5.74) is 9.95. The Labute approximate surface area is 335 Å². The number of pyridine rings is 2. The van der Waals surface area contributed by atoms with Crippen LogP contribution in [0.1, 0.15) is 57.6 Å². The molecule has 2 nitrogen and oxygen atoms in total. The summed E-state index contributed by atoms with van der Waals surface area (Å²) in [5.74, 6) is 0.880. The van der Waals surface area contributed by atoms with Crippen LogP contribution in [0.5, 0.6) is 0 Å². The van der Waals surface area contributed by atoms with Gasteiger partial charge in [0.05, 0.1) is 8.07 Å². The van der Waals surface area contributed by atoms with Crippen LogP contribution in [0, 0.1) is 23.5 Å². The number of hydrogen-bond acceptors (Lipinski definition) is 3. The van der Waals surface area contributed by atoms with Gasteiger partial charge in [0.2, 0.25) is 0 Å². The van der Waals surface area contributed by atoms with Gasteiger partial charge in [-0.05, 0) is 74.1 Å². The molecule has 3 aromatic heterocycles. The summed E-state index contributed by atoms with van der Waals surface area (Å²) in [6, 6.07) is 43.2. The number of thiophene rings is 1. The van der Waals surface area contributed by atoms with Gasteiger partial charge in [0.25, 0.3) is 0 Å². The van der Waals surface area contributed by atoms with Crippen molar-refractivity contribution in [1.82, 2.24) is 9.97 Å². The zero-order valence-electron chi connectivity index (χ0n) is 31.9. The van der Waals surface area contributed by atoms with Gasteiger partial charge in [0.15, 0.2) is 0 Å². The number of nitrogens with zero attached hydrogens (tertiary/aromatic N) is 2. The summed E-state index contributed by atoms with van der Waals surface area (Å²) in [6.45, 7) is 14.1. The van der Waals surface area contributed by atoms with Crippen molar-refractivity contribution in [2.24, 2.45) is 11.3 Å². The second kappa shape index (κ2) is 16.7. The molecule has 0 unspecified atom stereocenters. The van der Waals surface area contributed by atoms with Gasteiger partial charge in [-0.2, -0.15) is 11.3 Å². The first-order valence-electron chi connectivity index (χ1n) is 18.9. The van der Waals surface area contributed by atoms with E-state index in [4.69, 9.17) is 9.97 Å². The average molecular weight is 907 g/mol. The fraction of sp³-hybridized carbons (Fsp3) is 0.292. The molecule has 1 aliphatic rings. The van der Waals surface area contributed by atoms with Crippen molar-refractivity contribution in [3.63, 3.8) is 0 Å². The van der Waals surface area contributed by atoms with Crippen molar-refractivity contribution in [2.45, 2.75) is 78.9 Å². The number of rotatable bonds is 7. The van der Waals surface area contributed by atoms with Gasteiger partial charge in [-0.3, -0.25) is 0 Å². The van der Waals surface area contributed by atoms with E-state index in [1.54, 1.807) is 10.8 Å². The van der Waals surface area contributed by atoms with Gasteiger partial charge in [-0.25, -0.2) is 0 Å². The fourth-order valence-corrected chi connectivity index (χ4v) is 10.6. The van der Waals surface area contributed by atoms with Crippen LogP contribution in [0.3, 0.4) is 0 Å². The summed E-state index contributed by atoms with van der Waals surface area (Å²) < 4.78 is 2.56. The minimum Gasteiger partial charge on any atom is -0.305 e. The van der Waals surface area contributed by atoms with E-state index < -0.39 is 8.07 Å². The van der Waals surface area contributed by atoms with Gasteiger partial charge >= 0.3 is 0 Å². The first-order chi connectivity index (χ1) is 25.0. The molecule has 1 fully saturated rings. The predicted molar refractivity (Wildman–Crippen MR) is 227 cm³/mol. The van der Waals surface area contributed by atoms with Crippen LogP contribution < -0.4 is 5.19 Å². The molecule has 0 N–H and O–H groups in total. The molecule has 0 amide bonds. The van der Waals surface area contributed by atoms with E-state index in [0.717, 1.165) is 34.9 Å². The molecule has 5 heteroatoms. The molecule has 4 aromatic carbocycles. The number of hydrogen-bond donors (Lipinski definition) is 0. The summed E-state index contributed by atoms with van der Waals surface area (Å²) in [6.07, 6.45) is 12.0. The van der Waals surface area contributed by atoms with E-state index >= 15 is 0 Å². The largest absolute Gasteiger partial charge is 0.305 e. The summed E-state index contributed by atoms with van der Waals surface area (Å²) in [4.78, 5) is 9.47. The molecule has 53 heavy (non-hydrogen) atoms. The zero-order valence-corrected chi connectivity index (χ0v) is 36.1.